The van der Waals surface area contributed by atoms with Crippen molar-refractivity contribution >= 4 is 21.5 Å². The topological polar surface area (TPSA) is 97.6 Å². The summed E-state index contributed by atoms with van der Waals surface area (Å²) in [7, 11) is -1.02. The predicted molar refractivity (Wildman–Crippen MR) is 83.8 cm³/mol. The number of nitro groups is 1. The molecule has 0 aliphatic rings. The van der Waals surface area contributed by atoms with Gasteiger partial charge in [0.2, 0.25) is 10.0 Å². The number of nitro benzene ring substituents is 1. The first-order valence-electron chi connectivity index (χ1n) is 6.56. The molecule has 2 aromatic carbocycles. The van der Waals surface area contributed by atoms with Crippen LogP contribution in [0.1, 0.15) is 15.9 Å². The van der Waals surface area contributed by atoms with Gasteiger partial charge in [0, 0.05) is 37.4 Å². The monoisotopic (exact) mass is 334 g/mol. The molecular formula is C15H14N2O5S. The molecule has 0 fully saturated rings. The van der Waals surface area contributed by atoms with E-state index in [1.54, 1.807) is 6.07 Å². The Morgan fingerprint density at radius 3 is 2.13 bits per heavy atom. The fraction of sp³-hybridized carbons (Fsp3) is 0.133. The largest absolute Gasteiger partial charge is 0.289 e. The van der Waals surface area contributed by atoms with Crippen LogP contribution in [0.2, 0.25) is 0 Å². The number of ketones is 1. The number of carbonyl (C=O) groups is 1. The van der Waals surface area contributed by atoms with E-state index in [-0.39, 0.29) is 21.7 Å². The van der Waals surface area contributed by atoms with Crippen LogP contribution >= 0.6 is 0 Å². The molecule has 0 heterocycles. The van der Waals surface area contributed by atoms with Crippen molar-refractivity contribution in [2.45, 2.75) is 4.90 Å². The molecule has 2 aromatic rings. The summed E-state index contributed by atoms with van der Waals surface area (Å²) in [5.74, 6) is -0.513. The molecule has 23 heavy (non-hydrogen) atoms. The van der Waals surface area contributed by atoms with Crippen LogP contribution < -0.4 is 0 Å². The molecule has 0 radical (unpaired) electrons. The zero-order valence-corrected chi connectivity index (χ0v) is 13.3. The minimum absolute atomic E-state index is 0.0232. The summed E-state index contributed by atoms with van der Waals surface area (Å²) in [5, 5.41) is 10.6. The third-order valence-corrected chi connectivity index (χ3v) is 5.10. The molecule has 0 spiro atoms. The summed E-state index contributed by atoms with van der Waals surface area (Å²) in [4.78, 5) is 22.5. The van der Waals surface area contributed by atoms with Crippen LogP contribution in [0.15, 0.2) is 53.4 Å². The Hall–Kier alpha value is -2.58. The molecule has 7 nitrogen and oxygen atoms in total. The van der Waals surface area contributed by atoms with Crippen molar-refractivity contribution in [3.63, 3.8) is 0 Å². The van der Waals surface area contributed by atoms with Gasteiger partial charge < -0.3 is 0 Å². The van der Waals surface area contributed by atoms with Crippen LogP contribution in [0.3, 0.4) is 0 Å². The van der Waals surface area contributed by atoms with Gasteiger partial charge in [-0.15, -0.1) is 0 Å². The highest BCUT2D eigenvalue weighted by Crippen LogP contribution is 2.22. The molecule has 0 amide bonds. The zero-order valence-electron chi connectivity index (χ0n) is 12.5. The number of nitrogens with zero attached hydrogens (tertiary/aromatic N) is 2. The van der Waals surface area contributed by atoms with Crippen LogP contribution in [0, 0.1) is 10.1 Å². The Kier molecular flexibility index (Phi) is 4.57. The molecule has 0 aliphatic carbocycles. The van der Waals surface area contributed by atoms with Gasteiger partial charge in [-0.25, -0.2) is 12.7 Å². The number of sulfonamides is 1. The lowest BCUT2D eigenvalue weighted by atomic mass is 10.0. The first-order valence-corrected chi connectivity index (χ1v) is 8.00. The van der Waals surface area contributed by atoms with Crippen LogP contribution in [0.5, 0.6) is 0 Å². The maximum Gasteiger partial charge on any atom is 0.269 e. The summed E-state index contributed by atoms with van der Waals surface area (Å²) >= 11 is 0. The lowest BCUT2D eigenvalue weighted by Gasteiger charge is -2.14. The van der Waals surface area contributed by atoms with E-state index >= 15 is 0 Å². The molecule has 120 valence electrons. The van der Waals surface area contributed by atoms with Gasteiger partial charge in [0.1, 0.15) is 0 Å². The number of hydrogen-bond donors (Lipinski definition) is 0. The fourth-order valence-corrected chi connectivity index (χ4v) is 3.05. The van der Waals surface area contributed by atoms with E-state index in [4.69, 9.17) is 0 Å². The van der Waals surface area contributed by atoms with Gasteiger partial charge >= 0.3 is 0 Å². The molecule has 0 aromatic heterocycles. The molecule has 0 saturated carbocycles. The van der Waals surface area contributed by atoms with Crippen molar-refractivity contribution in [1.29, 1.82) is 0 Å². The van der Waals surface area contributed by atoms with Gasteiger partial charge in [-0.1, -0.05) is 12.1 Å². The summed E-state index contributed by atoms with van der Waals surface area (Å²) in [6.45, 7) is 0. The molecule has 0 unspecified atom stereocenters. The first-order chi connectivity index (χ1) is 10.7. The Morgan fingerprint density at radius 1 is 1.04 bits per heavy atom. The van der Waals surface area contributed by atoms with Gasteiger partial charge in [-0.3, -0.25) is 14.9 Å². The van der Waals surface area contributed by atoms with Crippen molar-refractivity contribution < 1.29 is 18.1 Å². The Labute approximate surface area is 133 Å². The normalized spacial score (nSPS) is 11.4. The van der Waals surface area contributed by atoms with Gasteiger partial charge in [0.25, 0.3) is 5.69 Å². The smallest absolute Gasteiger partial charge is 0.269 e. The Morgan fingerprint density at radius 2 is 1.61 bits per heavy atom. The van der Waals surface area contributed by atoms with Gasteiger partial charge in [0.15, 0.2) is 5.78 Å². The molecule has 0 atom stereocenters. The van der Waals surface area contributed by atoms with Crippen LogP contribution in [0.4, 0.5) is 5.69 Å². The second kappa shape index (κ2) is 6.27. The maximum absolute atomic E-state index is 12.6. The molecule has 2 rings (SSSR count). The van der Waals surface area contributed by atoms with Gasteiger partial charge in [0.05, 0.1) is 9.82 Å². The quantitative estimate of drug-likeness (QED) is 0.474. The molecule has 0 aliphatic heterocycles. The number of carbonyl (C=O) groups excluding carboxylic acids is 1. The Bertz CT molecular complexity index is 858. The van der Waals surface area contributed by atoms with Crippen LogP contribution in [0.25, 0.3) is 0 Å². The minimum Gasteiger partial charge on any atom is -0.289 e. The van der Waals surface area contributed by atoms with Gasteiger partial charge in [-0.2, -0.15) is 0 Å². The number of non-ortho nitro benzene ring substituents is 1. The van der Waals surface area contributed by atoms with Crippen LogP contribution in [-0.2, 0) is 10.0 Å². The van der Waals surface area contributed by atoms with Crippen LogP contribution in [-0.4, -0.2) is 37.5 Å². The fourth-order valence-electron chi connectivity index (χ4n) is 1.97. The highest BCUT2D eigenvalue weighted by molar-refractivity contribution is 7.89. The summed E-state index contributed by atoms with van der Waals surface area (Å²) < 4.78 is 25.7. The standard InChI is InChI=1S/C15H14N2O5S/c1-16(2)23(21,22)14-6-4-3-5-13(14)15(18)11-7-9-12(10-8-11)17(19)20/h3-10H,1-2H3. The van der Waals surface area contributed by atoms with E-state index in [1.807, 2.05) is 0 Å². The average Bonchev–Trinajstić information content (AvgIpc) is 2.54. The lowest BCUT2D eigenvalue weighted by molar-refractivity contribution is -0.384. The van der Waals surface area contributed by atoms with Crippen molar-refractivity contribution in [3.05, 3.63) is 69.8 Å². The minimum atomic E-state index is -3.78. The predicted octanol–water partition coefficient (Wildman–Crippen LogP) is 2.08. The average molecular weight is 334 g/mol. The molecular weight excluding hydrogens is 320 g/mol. The maximum atomic E-state index is 12.6. The van der Waals surface area contributed by atoms with E-state index in [9.17, 15) is 23.3 Å². The number of hydrogen-bond acceptors (Lipinski definition) is 5. The SMILES string of the molecule is CN(C)S(=O)(=O)c1ccccc1C(=O)c1ccc([N+](=O)[O-])cc1. The van der Waals surface area contributed by atoms with Crippen molar-refractivity contribution in [2.24, 2.45) is 0 Å². The molecule has 0 bridgehead atoms. The molecule has 0 saturated heterocycles. The summed E-state index contributed by atoms with van der Waals surface area (Å²) in [6.07, 6.45) is 0. The van der Waals surface area contributed by atoms with E-state index in [2.05, 4.69) is 0 Å². The van der Waals surface area contributed by atoms with E-state index in [0.717, 1.165) is 4.31 Å². The van der Waals surface area contributed by atoms with Crippen molar-refractivity contribution in [3.8, 4) is 0 Å². The highest BCUT2D eigenvalue weighted by atomic mass is 32.2. The van der Waals surface area contributed by atoms with E-state index in [0.29, 0.717) is 0 Å². The highest BCUT2D eigenvalue weighted by Gasteiger charge is 2.24. The Balaban J connectivity index is 2.51. The third-order valence-electron chi connectivity index (χ3n) is 3.23. The number of benzene rings is 2. The van der Waals surface area contributed by atoms with Crippen molar-refractivity contribution in [1.82, 2.24) is 4.31 Å². The second-order valence-corrected chi connectivity index (χ2v) is 7.04. The zero-order chi connectivity index (χ0) is 17.2. The third kappa shape index (κ3) is 3.27. The van der Waals surface area contributed by atoms with Crippen molar-refractivity contribution in [2.75, 3.05) is 14.1 Å². The first kappa shape index (κ1) is 16.8. The molecule has 0 N–H and O–H groups in total. The van der Waals surface area contributed by atoms with E-state index < -0.39 is 20.7 Å². The number of rotatable bonds is 5. The molecule has 8 heteroatoms. The van der Waals surface area contributed by atoms with E-state index in [1.165, 1.54) is 56.6 Å². The lowest BCUT2D eigenvalue weighted by Crippen LogP contribution is -2.24. The second-order valence-electron chi connectivity index (χ2n) is 4.92. The summed E-state index contributed by atoms with van der Waals surface area (Å²) in [6, 6.07) is 10.9. The van der Waals surface area contributed by atoms with Gasteiger partial charge in [-0.05, 0) is 24.3 Å². The summed E-state index contributed by atoms with van der Waals surface area (Å²) in [5.41, 5.74) is 0.0582.